The molecule has 0 aromatic carbocycles. The third kappa shape index (κ3) is 2.11. The molecule has 0 fully saturated rings. The highest BCUT2D eigenvalue weighted by Crippen LogP contribution is 2.31. The quantitative estimate of drug-likeness (QED) is 0.420. The molecule has 1 aromatic heterocycles. The molecule has 14 heavy (non-hydrogen) atoms. The van der Waals surface area contributed by atoms with Gasteiger partial charge in [-0.3, -0.25) is 10.1 Å². The van der Waals surface area contributed by atoms with E-state index < -0.39 is 27.6 Å². The normalized spacial score (nSPS) is 11.4. The molecule has 0 amide bonds. The fourth-order valence-electron chi connectivity index (χ4n) is 0.721. The first-order chi connectivity index (χ1) is 6.32. The second-order valence-electron chi connectivity index (χ2n) is 2.26. The SMILES string of the molecule is O=[N+]([O-])c1ccc(C(F)(F)F)nc1Cl. The molecule has 4 nitrogen and oxygen atoms in total. The third-order valence-electron chi connectivity index (χ3n) is 1.32. The number of aromatic nitrogens is 1. The van der Waals surface area contributed by atoms with Crippen LogP contribution >= 0.6 is 11.6 Å². The number of rotatable bonds is 1. The molecular weight excluding hydrogens is 225 g/mol. The summed E-state index contributed by atoms with van der Waals surface area (Å²) in [5, 5.41) is 9.41. The van der Waals surface area contributed by atoms with Gasteiger partial charge in [0.2, 0.25) is 5.15 Å². The van der Waals surface area contributed by atoms with E-state index >= 15 is 0 Å². The van der Waals surface area contributed by atoms with Crippen molar-refractivity contribution < 1.29 is 18.1 Å². The largest absolute Gasteiger partial charge is 0.433 e. The van der Waals surface area contributed by atoms with E-state index in [1.54, 1.807) is 0 Å². The van der Waals surface area contributed by atoms with Crippen molar-refractivity contribution in [2.24, 2.45) is 0 Å². The van der Waals surface area contributed by atoms with Gasteiger partial charge in [-0.2, -0.15) is 13.2 Å². The van der Waals surface area contributed by atoms with Crippen LogP contribution in [0.2, 0.25) is 5.15 Å². The van der Waals surface area contributed by atoms with Gasteiger partial charge >= 0.3 is 11.9 Å². The molecule has 0 atom stereocenters. The first-order valence-electron chi connectivity index (χ1n) is 3.20. The van der Waals surface area contributed by atoms with Gasteiger partial charge in [0.05, 0.1) is 4.92 Å². The zero-order chi connectivity index (χ0) is 10.9. The maximum Gasteiger partial charge on any atom is 0.433 e. The summed E-state index contributed by atoms with van der Waals surface area (Å²) < 4.78 is 36.0. The van der Waals surface area contributed by atoms with Gasteiger partial charge in [0, 0.05) is 6.07 Å². The number of pyridine rings is 1. The van der Waals surface area contributed by atoms with Crippen LogP contribution in [0, 0.1) is 10.1 Å². The van der Waals surface area contributed by atoms with Crippen molar-refractivity contribution >= 4 is 17.3 Å². The molecule has 1 heterocycles. The minimum Gasteiger partial charge on any atom is -0.258 e. The summed E-state index contributed by atoms with van der Waals surface area (Å²) in [6.45, 7) is 0. The Morgan fingerprint density at radius 3 is 2.36 bits per heavy atom. The lowest BCUT2D eigenvalue weighted by molar-refractivity contribution is -0.385. The minimum atomic E-state index is -4.65. The highest BCUT2D eigenvalue weighted by atomic mass is 35.5. The molecule has 0 spiro atoms. The molecule has 0 saturated carbocycles. The van der Waals surface area contributed by atoms with E-state index in [1.807, 2.05) is 0 Å². The molecule has 0 unspecified atom stereocenters. The number of nitro groups is 1. The molecule has 1 rings (SSSR count). The van der Waals surface area contributed by atoms with Crippen LogP contribution in [0.5, 0.6) is 0 Å². The summed E-state index contributed by atoms with van der Waals surface area (Å²) in [7, 11) is 0. The number of alkyl halides is 3. The van der Waals surface area contributed by atoms with Gasteiger partial charge in [0.25, 0.3) is 0 Å². The summed E-state index contributed by atoms with van der Waals surface area (Å²) in [5.41, 5.74) is -1.91. The molecule has 0 bridgehead atoms. The van der Waals surface area contributed by atoms with E-state index in [-0.39, 0.29) is 0 Å². The monoisotopic (exact) mass is 226 g/mol. The Morgan fingerprint density at radius 1 is 1.43 bits per heavy atom. The van der Waals surface area contributed by atoms with Crippen LogP contribution in [0.3, 0.4) is 0 Å². The lowest BCUT2D eigenvalue weighted by Crippen LogP contribution is -2.08. The Kier molecular flexibility index (Phi) is 2.61. The first kappa shape index (κ1) is 10.7. The average Bonchev–Trinajstić information content (AvgIpc) is 2.01. The van der Waals surface area contributed by atoms with Crippen LogP contribution in [-0.4, -0.2) is 9.91 Å². The van der Waals surface area contributed by atoms with Crippen molar-refractivity contribution in [2.75, 3.05) is 0 Å². The highest BCUT2D eigenvalue weighted by Gasteiger charge is 2.33. The Morgan fingerprint density at radius 2 is 2.00 bits per heavy atom. The highest BCUT2D eigenvalue weighted by molar-refractivity contribution is 6.31. The third-order valence-corrected chi connectivity index (χ3v) is 1.59. The van der Waals surface area contributed by atoms with E-state index in [2.05, 4.69) is 4.98 Å². The lowest BCUT2D eigenvalue weighted by Gasteiger charge is -2.04. The summed E-state index contributed by atoms with van der Waals surface area (Å²) in [6, 6.07) is 1.17. The van der Waals surface area contributed by atoms with Crippen molar-refractivity contribution in [3.63, 3.8) is 0 Å². The van der Waals surface area contributed by atoms with Crippen molar-refractivity contribution in [2.45, 2.75) is 6.18 Å². The van der Waals surface area contributed by atoms with E-state index in [0.29, 0.717) is 12.1 Å². The molecule has 0 saturated heterocycles. The van der Waals surface area contributed by atoms with Crippen LogP contribution in [0.1, 0.15) is 5.69 Å². The van der Waals surface area contributed by atoms with Gasteiger partial charge in [-0.05, 0) is 6.07 Å². The fourth-order valence-corrected chi connectivity index (χ4v) is 0.944. The van der Waals surface area contributed by atoms with E-state index in [9.17, 15) is 23.3 Å². The Hall–Kier alpha value is -1.37. The van der Waals surface area contributed by atoms with Crippen molar-refractivity contribution in [1.29, 1.82) is 0 Å². The summed E-state index contributed by atoms with van der Waals surface area (Å²) in [5.74, 6) is 0. The predicted molar refractivity (Wildman–Crippen MR) is 40.9 cm³/mol. The van der Waals surface area contributed by atoms with E-state index in [4.69, 9.17) is 11.6 Å². The molecular formula is C6H2ClF3N2O2. The van der Waals surface area contributed by atoms with Gasteiger partial charge in [-0.1, -0.05) is 11.6 Å². The van der Waals surface area contributed by atoms with Crippen molar-refractivity contribution in [3.05, 3.63) is 33.1 Å². The summed E-state index contributed by atoms with van der Waals surface area (Å²) >= 11 is 5.18. The Balaban J connectivity index is 3.20. The summed E-state index contributed by atoms with van der Waals surface area (Å²) in [6.07, 6.45) is -4.65. The number of nitrogens with zero attached hydrogens (tertiary/aromatic N) is 2. The predicted octanol–water partition coefficient (Wildman–Crippen LogP) is 2.66. The molecule has 0 aliphatic rings. The lowest BCUT2D eigenvalue weighted by atomic mass is 10.3. The van der Waals surface area contributed by atoms with Crippen LogP contribution < -0.4 is 0 Å². The van der Waals surface area contributed by atoms with Gasteiger partial charge in [-0.25, -0.2) is 4.98 Å². The van der Waals surface area contributed by atoms with Gasteiger partial charge in [0.15, 0.2) is 0 Å². The van der Waals surface area contributed by atoms with Gasteiger partial charge < -0.3 is 0 Å². The molecule has 0 N–H and O–H groups in total. The maximum atomic E-state index is 12.0. The zero-order valence-corrected chi connectivity index (χ0v) is 7.13. The molecule has 0 aliphatic carbocycles. The van der Waals surface area contributed by atoms with E-state index in [1.165, 1.54) is 0 Å². The second kappa shape index (κ2) is 3.41. The molecule has 76 valence electrons. The first-order valence-corrected chi connectivity index (χ1v) is 3.58. The molecule has 1 aromatic rings. The van der Waals surface area contributed by atoms with Crippen LogP contribution in [0.4, 0.5) is 18.9 Å². The number of hydrogen-bond acceptors (Lipinski definition) is 3. The maximum absolute atomic E-state index is 12.0. The molecule has 0 aliphatic heterocycles. The average molecular weight is 227 g/mol. The smallest absolute Gasteiger partial charge is 0.258 e. The second-order valence-corrected chi connectivity index (χ2v) is 2.62. The van der Waals surface area contributed by atoms with Gasteiger partial charge in [-0.15, -0.1) is 0 Å². The Bertz CT molecular complexity index is 380. The number of halogens is 4. The zero-order valence-electron chi connectivity index (χ0n) is 6.38. The summed E-state index contributed by atoms with van der Waals surface area (Å²) in [4.78, 5) is 12.1. The van der Waals surface area contributed by atoms with Crippen LogP contribution in [0.25, 0.3) is 0 Å². The van der Waals surface area contributed by atoms with E-state index in [0.717, 1.165) is 0 Å². The molecule has 0 radical (unpaired) electrons. The number of hydrogen-bond donors (Lipinski definition) is 0. The van der Waals surface area contributed by atoms with Crippen LogP contribution in [0.15, 0.2) is 12.1 Å². The van der Waals surface area contributed by atoms with Crippen molar-refractivity contribution in [1.82, 2.24) is 4.98 Å². The molecule has 8 heteroatoms. The van der Waals surface area contributed by atoms with Crippen molar-refractivity contribution in [3.8, 4) is 0 Å². The Labute approximate surface area is 80.5 Å². The standard InChI is InChI=1S/C6H2ClF3N2O2/c7-5-3(12(13)14)1-2-4(11-5)6(8,9)10/h1-2H. The fraction of sp³-hybridized carbons (Fsp3) is 0.167. The minimum absolute atomic E-state index is 0.504. The topological polar surface area (TPSA) is 56.0 Å². The van der Waals surface area contributed by atoms with Gasteiger partial charge in [0.1, 0.15) is 5.69 Å². The van der Waals surface area contributed by atoms with Crippen LogP contribution in [-0.2, 0) is 6.18 Å².